The molecule has 1 aliphatic carbocycles. The van der Waals surface area contributed by atoms with Crippen molar-refractivity contribution in [2.24, 2.45) is 0 Å². The average Bonchev–Trinajstić information content (AvgIpc) is 2.54. The fourth-order valence-electron chi connectivity index (χ4n) is 2.90. The van der Waals surface area contributed by atoms with Crippen LogP contribution in [0.3, 0.4) is 0 Å². The van der Waals surface area contributed by atoms with E-state index in [1.807, 2.05) is 24.3 Å². The van der Waals surface area contributed by atoms with E-state index in [0.717, 1.165) is 11.3 Å². The zero-order chi connectivity index (χ0) is 16.6. The predicted octanol–water partition coefficient (Wildman–Crippen LogP) is 1.99. The number of aromatic nitrogens is 1. The van der Waals surface area contributed by atoms with Gasteiger partial charge < -0.3 is 14.8 Å². The number of aromatic amines is 1. The third-order valence-electron chi connectivity index (χ3n) is 4.12. The Hall–Kier alpha value is -2.89. The van der Waals surface area contributed by atoms with Crippen LogP contribution in [0.1, 0.15) is 44.3 Å². The molecule has 3 rings (SSSR count). The van der Waals surface area contributed by atoms with E-state index in [1.165, 1.54) is 6.07 Å². The summed E-state index contributed by atoms with van der Waals surface area (Å²) >= 11 is 0. The SMILES string of the molecule is COc1ccc([C@@H]2CC(=O)c3cc(C(=O)O)c(=O)[nH]c3C2)cc1. The fourth-order valence-corrected chi connectivity index (χ4v) is 2.90. The summed E-state index contributed by atoms with van der Waals surface area (Å²) in [6.45, 7) is 0. The molecule has 0 radical (unpaired) electrons. The summed E-state index contributed by atoms with van der Waals surface area (Å²) in [5, 5.41) is 8.99. The summed E-state index contributed by atoms with van der Waals surface area (Å²) in [6, 6.07) is 8.62. The van der Waals surface area contributed by atoms with Crippen molar-refractivity contribution in [3.8, 4) is 5.75 Å². The highest BCUT2D eigenvalue weighted by Gasteiger charge is 2.28. The van der Waals surface area contributed by atoms with Crippen LogP contribution in [0.4, 0.5) is 0 Å². The molecule has 2 N–H and O–H groups in total. The van der Waals surface area contributed by atoms with Gasteiger partial charge in [-0.2, -0.15) is 0 Å². The molecular formula is C17H15NO5. The molecule has 0 amide bonds. The Labute approximate surface area is 131 Å². The van der Waals surface area contributed by atoms with Gasteiger partial charge in [0.15, 0.2) is 5.78 Å². The number of Topliss-reactive ketones (excluding diaryl/α,β-unsaturated/α-hetero) is 1. The van der Waals surface area contributed by atoms with Crippen molar-refractivity contribution in [1.82, 2.24) is 4.98 Å². The number of fused-ring (bicyclic) bond motifs is 1. The number of ether oxygens (including phenoxy) is 1. The highest BCUT2D eigenvalue weighted by molar-refractivity contribution is 6.00. The van der Waals surface area contributed by atoms with Gasteiger partial charge in [0.05, 0.1) is 7.11 Å². The standard InChI is InChI=1S/C17H15NO5/c1-23-11-4-2-9(3-5-11)10-6-14-12(15(19)7-10)8-13(17(21)22)16(20)18-14/h2-5,8,10H,6-7H2,1H3,(H,18,20)(H,21,22)/t10-/m0/s1. The Kier molecular flexibility index (Phi) is 3.73. The maximum atomic E-state index is 12.3. The van der Waals surface area contributed by atoms with Gasteiger partial charge in [-0.15, -0.1) is 0 Å². The van der Waals surface area contributed by atoms with Crippen LogP contribution in [0.15, 0.2) is 35.1 Å². The van der Waals surface area contributed by atoms with Crippen LogP contribution in [0, 0.1) is 0 Å². The Balaban J connectivity index is 1.97. The van der Waals surface area contributed by atoms with E-state index in [9.17, 15) is 14.4 Å². The van der Waals surface area contributed by atoms with Crippen molar-refractivity contribution in [2.75, 3.05) is 7.11 Å². The van der Waals surface area contributed by atoms with E-state index in [4.69, 9.17) is 9.84 Å². The fraction of sp³-hybridized carbons (Fsp3) is 0.235. The molecule has 2 aromatic rings. The Bertz CT molecular complexity index is 835. The second-order valence-electron chi connectivity index (χ2n) is 5.51. The number of methoxy groups -OCH3 is 1. The van der Waals surface area contributed by atoms with Gasteiger partial charge in [0.1, 0.15) is 11.3 Å². The van der Waals surface area contributed by atoms with Crippen LogP contribution in [-0.4, -0.2) is 29.0 Å². The normalized spacial score (nSPS) is 16.7. The number of carbonyl (C=O) groups is 2. The summed E-state index contributed by atoms with van der Waals surface area (Å²) in [4.78, 5) is 37.7. The van der Waals surface area contributed by atoms with Crippen LogP contribution in [-0.2, 0) is 6.42 Å². The number of aromatic carboxylic acids is 1. The molecule has 1 atom stereocenters. The topological polar surface area (TPSA) is 96.5 Å². The molecule has 1 heterocycles. The van der Waals surface area contributed by atoms with Crippen LogP contribution in [0.5, 0.6) is 5.75 Å². The molecule has 23 heavy (non-hydrogen) atoms. The van der Waals surface area contributed by atoms with Crippen molar-refractivity contribution in [3.05, 3.63) is 63.1 Å². The summed E-state index contributed by atoms with van der Waals surface area (Å²) in [5.41, 5.74) is 0.691. The monoisotopic (exact) mass is 313 g/mol. The Morgan fingerprint density at radius 2 is 1.91 bits per heavy atom. The van der Waals surface area contributed by atoms with E-state index in [2.05, 4.69) is 4.98 Å². The van der Waals surface area contributed by atoms with E-state index in [-0.39, 0.29) is 18.1 Å². The Morgan fingerprint density at radius 3 is 2.52 bits per heavy atom. The maximum absolute atomic E-state index is 12.3. The summed E-state index contributed by atoms with van der Waals surface area (Å²) in [7, 11) is 1.58. The lowest BCUT2D eigenvalue weighted by molar-refractivity contribution is 0.0695. The smallest absolute Gasteiger partial charge is 0.341 e. The van der Waals surface area contributed by atoms with E-state index >= 15 is 0 Å². The Morgan fingerprint density at radius 1 is 1.22 bits per heavy atom. The molecule has 0 aliphatic heterocycles. The first-order valence-electron chi connectivity index (χ1n) is 7.16. The molecule has 1 aliphatic rings. The van der Waals surface area contributed by atoms with Gasteiger partial charge in [-0.1, -0.05) is 12.1 Å². The lowest BCUT2D eigenvalue weighted by Crippen LogP contribution is -2.27. The van der Waals surface area contributed by atoms with E-state index in [0.29, 0.717) is 17.7 Å². The second-order valence-corrected chi connectivity index (χ2v) is 5.51. The molecule has 0 unspecified atom stereocenters. The maximum Gasteiger partial charge on any atom is 0.341 e. The summed E-state index contributed by atoms with van der Waals surface area (Å²) in [5.74, 6) is -0.812. The molecule has 0 saturated heterocycles. The molecule has 6 heteroatoms. The third-order valence-corrected chi connectivity index (χ3v) is 4.12. The van der Waals surface area contributed by atoms with Crippen LogP contribution in [0.2, 0.25) is 0 Å². The lowest BCUT2D eigenvalue weighted by atomic mass is 9.81. The second kappa shape index (κ2) is 5.72. The van der Waals surface area contributed by atoms with Gasteiger partial charge in [0.2, 0.25) is 0 Å². The number of rotatable bonds is 3. The first-order valence-corrected chi connectivity index (χ1v) is 7.16. The van der Waals surface area contributed by atoms with Crippen molar-refractivity contribution in [2.45, 2.75) is 18.8 Å². The molecule has 0 spiro atoms. The molecule has 6 nitrogen and oxygen atoms in total. The minimum absolute atomic E-state index is 0.0489. The average molecular weight is 313 g/mol. The molecule has 1 aromatic heterocycles. The van der Waals surface area contributed by atoms with Gasteiger partial charge in [-0.05, 0) is 36.1 Å². The summed E-state index contributed by atoms with van der Waals surface area (Å²) in [6.07, 6.45) is 0.771. The first-order chi connectivity index (χ1) is 11.0. The highest BCUT2D eigenvalue weighted by Crippen LogP contribution is 2.32. The number of nitrogens with one attached hydrogen (secondary N) is 1. The third kappa shape index (κ3) is 2.75. The number of benzene rings is 1. The van der Waals surface area contributed by atoms with Crippen molar-refractivity contribution in [3.63, 3.8) is 0 Å². The van der Waals surface area contributed by atoms with Crippen molar-refractivity contribution in [1.29, 1.82) is 0 Å². The summed E-state index contributed by atoms with van der Waals surface area (Å²) < 4.78 is 5.12. The number of H-pyrrole nitrogens is 1. The number of carboxylic acids is 1. The van der Waals surface area contributed by atoms with Crippen molar-refractivity contribution < 1.29 is 19.4 Å². The first kappa shape index (κ1) is 15.0. The zero-order valence-electron chi connectivity index (χ0n) is 12.5. The number of ketones is 1. The van der Waals surface area contributed by atoms with Gasteiger partial charge >= 0.3 is 5.97 Å². The van der Waals surface area contributed by atoms with E-state index < -0.39 is 17.1 Å². The van der Waals surface area contributed by atoms with Crippen LogP contribution in [0.25, 0.3) is 0 Å². The van der Waals surface area contributed by atoms with E-state index in [1.54, 1.807) is 7.11 Å². The van der Waals surface area contributed by atoms with Gasteiger partial charge in [0.25, 0.3) is 5.56 Å². The minimum Gasteiger partial charge on any atom is -0.497 e. The molecule has 0 saturated carbocycles. The molecule has 1 aromatic carbocycles. The number of pyridine rings is 1. The number of carboxylic acid groups (broad SMARTS) is 1. The van der Waals surface area contributed by atoms with Gasteiger partial charge in [-0.25, -0.2) is 4.79 Å². The quantitative estimate of drug-likeness (QED) is 0.903. The molecule has 0 fully saturated rings. The van der Waals surface area contributed by atoms with Crippen molar-refractivity contribution >= 4 is 11.8 Å². The van der Waals surface area contributed by atoms with Crippen LogP contribution >= 0.6 is 0 Å². The van der Waals surface area contributed by atoms with Crippen LogP contribution < -0.4 is 10.3 Å². The number of hydrogen-bond acceptors (Lipinski definition) is 4. The molecular weight excluding hydrogens is 298 g/mol. The largest absolute Gasteiger partial charge is 0.497 e. The minimum atomic E-state index is -1.33. The molecule has 118 valence electrons. The van der Waals surface area contributed by atoms with Gasteiger partial charge in [0, 0.05) is 17.7 Å². The number of carbonyl (C=O) groups excluding carboxylic acids is 1. The van der Waals surface area contributed by atoms with Gasteiger partial charge in [-0.3, -0.25) is 9.59 Å². The molecule has 0 bridgehead atoms. The predicted molar refractivity (Wildman–Crippen MR) is 82.4 cm³/mol. The number of hydrogen-bond donors (Lipinski definition) is 2. The highest BCUT2D eigenvalue weighted by atomic mass is 16.5. The zero-order valence-corrected chi connectivity index (χ0v) is 12.5. The lowest BCUT2D eigenvalue weighted by Gasteiger charge is -2.24.